The summed E-state index contributed by atoms with van der Waals surface area (Å²) in [7, 11) is 0. The quantitative estimate of drug-likeness (QED) is 0.784. The summed E-state index contributed by atoms with van der Waals surface area (Å²) in [6, 6.07) is 9.56. The molecule has 19 heavy (non-hydrogen) atoms. The first-order valence-corrected chi connectivity index (χ1v) is 6.38. The molecule has 1 heterocycles. The van der Waals surface area contributed by atoms with Crippen LogP contribution in [0.1, 0.15) is 39.4 Å². The van der Waals surface area contributed by atoms with Gasteiger partial charge in [0, 0.05) is 0 Å². The molecule has 4 heteroatoms. The minimum absolute atomic E-state index is 0.352. The molecule has 0 N–H and O–H groups in total. The van der Waals surface area contributed by atoms with E-state index in [1.807, 2.05) is 58.0 Å². The Morgan fingerprint density at radius 1 is 1.21 bits per heavy atom. The van der Waals surface area contributed by atoms with E-state index in [0.717, 1.165) is 5.56 Å². The molecule has 2 rings (SSSR count). The van der Waals surface area contributed by atoms with Crippen LogP contribution in [0.3, 0.4) is 0 Å². The van der Waals surface area contributed by atoms with Gasteiger partial charge in [-0.05, 0) is 33.3 Å². The van der Waals surface area contributed by atoms with Gasteiger partial charge in [-0.1, -0.05) is 30.3 Å². The van der Waals surface area contributed by atoms with E-state index in [0.29, 0.717) is 6.47 Å². The Balaban J connectivity index is 2.32. The lowest BCUT2D eigenvalue weighted by Crippen LogP contribution is -2.38. The summed E-state index contributed by atoms with van der Waals surface area (Å²) in [4.78, 5) is 10.8. The minimum atomic E-state index is -0.687. The van der Waals surface area contributed by atoms with E-state index in [2.05, 4.69) is 0 Å². The molecule has 0 bridgehead atoms. The first kappa shape index (κ1) is 14.0. The fourth-order valence-corrected chi connectivity index (χ4v) is 2.62. The van der Waals surface area contributed by atoms with Crippen molar-refractivity contribution < 1.29 is 19.0 Å². The molecule has 0 aromatic heterocycles. The van der Waals surface area contributed by atoms with Gasteiger partial charge in [0.2, 0.25) is 0 Å². The summed E-state index contributed by atoms with van der Waals surface area (Å²) in [5.41, 5.74) is 0.362. The Bertz CT molecular complexity index is 439. The lowest BCUT2D eigenvalue weighted by atomic mass is 9.92. The molecule has 1 aromatic carbocycles. The van der Waals surface area contributed by atoms with Crippen LogP contribution in [0.4, 0.5) is 0 Å². The predicted octanol–water partition coefficient (Wildman–Crippen LogP) is 2.83. The summed E-state index contributed by atoms with van der Waals surface area (Å²) in [5, 5.41) is 0. The van der Waals surface area contributed by atoms with E-state index in [1.54, 1.807) is 0 Å². The first-order chi connectivity index (χ1) is 8.86. The number of hydrogen-bond donors (Lipinski definition) is 0. The molecule has 1 saturated heterocycles. The van der Waals surface area contributed by atoms with Gasteiger partial charge in [-0.3, -0.25) is 4.79 Å². The van der Waals surface area contributed by atoms with E-state index in [-0.39, 0.29) is 6.10 Å². The van der Waals surface area contributed by atoms with Crippen molar-refractivity contribution in [2.45, 2.75) is 51.3 Å². The van der Waals surface area contributed by atoms with Crippen LogP contribution >= 0.6 is 0 Å². The fraction of sp³-hybridized carbons (Fsp3) is 0.533. The van der Waals surface area contributed by atoms with Crippen LogP contribution in [0.25, 0.3) is 0 Å². The van der Waals surface area contributed by atoms with Gasteiger partial charge in [-0.25, -0.2) is 0 Å². The fourth-order valence-electron chi connectivity index (χ4n) is 2.62. The average Bonchev–Trinajstić information content (AvgIpc) is 2.55. The summed E-state index contributed by atoms with van der Waals surface area (Å²) in [6.45, 7) is 8.06. The van der Waals surface area contributed by atoms with Gasteiger partial charge < -0.3 is 14.2 Å². The van der Waals surface area contributed by atoms with Crippen molar-refractivity contribution in [2.75, 3.05) is 0 Å². The van der Waals surface area contributed by atoms with E-state index >= 15 is 0 Å². The Labute approximate surface area is 113 Å². The lowest BCUT2D eigenvalue weighted by molar-refractivity contribution is -0.167. The SMILES string of the molecule is CC1(C)OC(C(OC=O)c2ccccc2)C(C)(C)O1. The Morgan fingerprint density at radius 3 is 2.32 bits per heavy atom. The summed E-state index contributed by atoms with van der Waals surface area (Å²) < 4.78 is 17.1. The van der Waals surface area contributed by atoms with Crippen molar-refractivity contribution in [3.05, 3.63) is 35.9 Å². The summed E-state index contributed by atoms with van der Waals surface area (Å²) in [6.07, 6.45) is -0.828. The highest BCUT2D eigenvalue weighted by atomic mass is 16.8. The molecule has 1 aliphatic rings. The third kappa shape index (κ3) is 2.96. The topological polar surface area (TPSA) is 44.8 Å². The molecular weight excluding hydrogens is 244 g/mol. The molecule has 1 aromatic rings. The van der Waals surface area contributed by atoms with Crippen molar-refractivity contribution in [1.29, 1.82) is 0 Å². The number of benzene rings is 1. The van der Waals surface area contributed by atoms with Crippen molar-refractivity contribution in [2.24, 2.45) is 0 Å². The predicted molar refractivity (Wildman–Crippen MR) is 70.4 cm³/mol. The second-order valence-electron chi connectivity index (χ2n) is 5.71. The maximum Gasteiger partial charge on any atom is 0.293 e. The van der Waals surface area contributed by atoms with Crippen LogP contribution in [-0.2, 0) is 19.0 Å². The van der Waals surface area contributed by atoms with Gasteiger partial charge in [0.25, 0.3) is 6.47 Å². The monoisotopic (exact) mass is 264 g/mol. The zero-order chi connectivity index (χ0) is 14.1. The molecule has 104 valence electrons. The molecule has 0 radical (unpaired) electrons. The van der Waals surface area contributed by atoms with Gasteiger partial charge in [0.05, 0.1) is 5.60 Å². The average molecular weight is 264 g/mol. The third-order valence-electron chi connectivity index (χ3n) is 3.21. The standard InChI is InChI=1S/C15H20O4/c1-14(2)13(18-15(3,4)19-14)12(17-10-16)11-8-6-5-7-9-11/h5-10,12-13H,1-4H3. The molecule has 0 aliphatic carbocycles. The maximum atomic E-state index is 10.8. The number of hydrogen-bond acceptors (Lipinski definition) is 4. The Kier molecular flexibility index (Phi) is 3.65. The first-order valence-electron chi connectivity index (χ1n) is 6.38. The zero-order valence-corrected chi connectivity index (χ0v) is 11.8. The molecule has 2 atom stereocenters. The number of carbonyl (C=O) groups excluding carboxylic acids is 1. The van der Waals surface area contributed by atoms with E-state index in [4.69, 9.17) is 14.2 Å². The highest BCUT2D eigenvalue weighted by molar-refractivity contribution is 5.39. The van der Waals surface area contributed by atoms with Crippen LogP contribution in [0.15, 0.2) is 30.3 Å². The summed E-state index contributed by atoms with van der Waals surface area (Å²) >= 11 is 0. The minimum Gasteiger partial charge on any atom is -0.457 e. The van der Waals surface area contributed by atoms with Crippen molar-refractivity contribution >= 4 is 6.47 Å². The number of rotatable bonds is 4. The highest BCUT2D eigenvalue weighted by Crippen LogP contribution is 2.42. The van der Waals surface area contributed by atoms with Crippen LogP contribution in [0.2, 0.25) is 0 Å². The molecule has 1 aliphatic heterocycles. The van der Waals surface area contributed by atoms with Gasteiger partial charge >= 0.3 is 0 Å². The Morgan fingerprint density at radius 2 is 1.84 bits per heavy atom. The highest BCUT2D eigenvalue weighted by Gasteiger charge is 2.51. The third-order valence-corrected chi connectivity index (χ3v) is 3.21. The summed E-state index contributed by atoms with van der Waals surface area (Å²) in [5.74, 6) is -0.687. The van der Waals surface area contributed by atoms with Gasteiger partial charge in [0.15, 0.2) is 11.9 Å². The lowest BCUT2D eigenvalue weighted by Gasteiger charge is -2.29. The molecule has 2 unspecified atom stereocenters. The van der Waals surface area contributed by atoms with E-state index < -0.39 is 17.5 Å². The van der Waals surface area contributed by atoms with Crippen LogP contribution in [0.5, 0.6) is 0 Å². The number of ether oxygens (including phenoxy) is 3. The molecule has 4 nitrogen and oxygen atoms in total. The zero-order valence-electron chi connectivity index (χ0n) is 11.8. The van der Waals surface area contributed by atoms with Crippen LogP contribution < -0.4 is 0 Å². The second-order valence-corrected chi connectivity index (χ2v) is 5.71. The van der Waals surface area contributed by atoms with E-state index in [9.17, 15) is 4.79 Å². The molecular formula is C15H20O4. The second kappa shape index (κ2) is 4.94. The molecule has 1 fully saturated rings. The van der Waals surface area contributed by atoms with Gasteiger partial charge in [-0.15, -0.1) is 0 Å². The van der Waals surface area contributed by atoms with Crippen LogP contribution in [-0.4, -0.2) is 24.0 Å². The van der Waals surface area contributed by atoms with Crippen molar-refractivity contribution in [3.8, 4) is 0 Å². The smallest absolute Gasteiger partial charge is 0.293 e. The molecule has 0 spiro atoms. The largest absolute Gasteiger partial charge is 0.457 e. The molecule has 0 amide bonds. The van der Waals surface area contributed by atoms with Gasteiger partial charge in [0.1, 0.15) is 6.10 Å². The van der Waals surface area contributed by atoms with Gasteiger partial charge in [-0.2, -0.15) is 0 Å². The van der Waals surface area contributed by atoms with Crippen molar-refractivity contribution in [1.82, 2.24) is 0 Å². The normalized spacial score (nSPS) is 25.8. The Hall–Kier alpha value is -1.39. The van der Waals surface area contributed by atoms with Crippen molar-refractivity contribution in [3.63, 3.8) is 0 Å². The van der Waals surface area contributed by atoms with E-state index in [1.165, 1.54) is 0 Å². The maximum absolute atomic E-state index is 10.8. The van der Waals surface area contributed by atoms with Crippen LogP contribution in [0, 0.1) is 0 Å². The molecule has 0 saturated carbocycles. The number of carbonyl (C=O) groups is 1.